The van der Waals surface area contributed by atoms with E-state index >= 15 is 0 Å². The number of anilines is 1. The van der Waals surface area contributed by atoms with E-state index in [2.05, 4.69) is 5.32 Å². The van der Waals surface area contributed by atoms with Crippen molar-refractivity contribution in [2.24, 2.45) is 5.73 Å². The molecule has 2 aromatic carbocycles. The summed E-state index contributed by atoms with van der Waals surface area (Å²) in [6, 6.07) is 6.68. The molecule has 0 radical (unpaired) electrons. The molecule has 1 aliphatic rings. The summed E-state index contributed by atoms with van der Waals surface area (Å²) in [5, 5.41) is 2.50. The number of amides is 2. The lowest BCUT2D eigenvalue weighted by atomic mass is 10.0. The van der Waals surface area contributed by atoms with E-state index in [1.165, 1.54) is 32.4 Å². The molecule has 12 heteroatoms. The topological polar surface area (TPSA) is 112 Å². The number of carbonyl (C=O) groups excluding carboxylic acids is 2. The number of benzene rings is 2. The predicted octanol–water partition coefficient (Wildman–Crippen LogP) is 2.35. The van der Waals surface area contributed by atoms with Crippen LogP contribution in [0.5, 0.6) is 17.2 Å². The van der Waals surface area contributed by atoms with Gasteiger partial charge in [0.25, 0.3) is 11.8 Å². The minimum Gasteiger partial charge on any atom is -0.493 e. The molecular weight excluding hydrogens is 471 g/mol. The van der Waals surface area contributed by atoms with Crippen molar-refractivity contribution in [3.05, 3.63) is 47.0 Å². The van der Waals surface area contributed by atoms with E-state index in [-0.39, 0.29) is 34.9 Å². The van der Waals surface area contributed by atoms with Gasteiger partial charge in [-0.15, -0.1) is 0 Å². The van der Waals surface area contributed by atoms with Crippen LogP contribution in [0.15, 0.2) is 30.3 Å². The molecule has 1 saturated heterocycles. The molecule has 0 saturated carbocycles. The van der Waals surface area contributed by atoms with E-state index < -0.39 is 30.2 Å². The Balaban J connectivity index is 1.81. The summed E-state index contributed by atoms with van der Waals surface area (Å²) in [5.74, 6) is -1.16. The number of rotatable bonds is 9. The van der Waals surface area contributed by atoms with E-state index in [9.17, 15) is 22.8 Å². The second kappa shape index (κ2) is 11.2. The number of primary amides is 1. The lowest BCUT2D eigenvalue weighted by Gasteiger charge is -2.29. The van der Waals surface area contributed by atoms with Crippen LogP contribution in [0.1, 0.15) is 21.5 Å². The van der Waals surface area contributed by atoms with Gasteiger partial charge in [0, 0.05) is 30.9 Å². The van der Waals surface area contributed by atoms with Crippen LogP contribution in [0.25, 0.3) is 0 Å². The number of carbonyl (C=O) groups is 2. The Hall–Kier alpha value is -3.67. The summed E-state index contributed by atoms with van der Waals surface area (Å²) in [5.41, 5.74) is 4.69. The maximum atomic E-state index is 13.8. The second-order valence-corrected chi connectivity index (χ2v) is 7.59. The molecule has 3 rings (SSSR count). The zero-order valence-electron chi connectivity index (χ0n) is 19.2. The molecule has 3 N–H and O–H groups in total. The Bertz CT molecular complexity index is 1050. The summed E-state index contributed by atoms with van der Waals surface area (Å²) in [6.07, 6.45) is -4.60. The fraction of sp³-hybridized carbons (Fsp3) is 0.391. The van der Waals surface area contributed by atoms with Crippen LogP contribution in [0.3, 0.4) is 0 Å². The number of morpholine rings is 1. The number of nitrogens with two attached hydrogens (primary N) is 1. The van der Waals surface area contributed by atoms with Crippen molar-refractivity contribution >= 4 is 17.5 Å². The van der Waals surface area contributed by atoms with Crippen molar-refractivity contribution in [1.82, 2.24) is 5.32 Å². The first-order valence-electron chi connectivity index (χ1n) is 10.6. The van der Waals surface area contributed by atoms with Crippen LogP contribution >= 0.6 is 0 Å². The maximum Gasteiger partial charge on any atom is 0.416 e. The number of nitrogens with zero attached hydrogens (tertiary/aromatic N) is 1. The fourth-order valence-electron chi connectivity index (χ4n) is 3.57. The number of alkyl halides is 3. The normalized spacial score (nSPS) is 13.8. The highest BCUT2D eigenvalue weighted by molar-refractivity contribution is 5.95. The Morgan fingerprint density at radius 1 is 1.09 bits per heavy atom. The van der Waals surface area contributed by atoms with Crippen LogP contribution in [-0.4, -0.2) is 58.9 Å². The van der Waals surface area contributed by atoms with Gasteiger partial charge < -0.3 is 34.9 Å². The van der Waals surface area contributed by atoms with Gasteiger partial charge in [0.05, 0.1) is 33.0 Å². The summed E-state index contributed by atoms with van der Waals surface area (Å²) in [7, 11) is 2.64. The van der Waals surface area contributed by atoms with Gasteiger partial charge in [-0.1, -0.05) is 6.07 Å². The number of hydrogen-bond donors (Lipinski definition) is 2. The van der Waals surface area contributed by atoms with Crippen LogP contribution in [0, 0.1) is 0 Å². The van der Waals surface area contributed by atoms with Gasteiger partial charge in [0.15, 0.2) is 18.1 Å². The van der Waals surface area contributed by atoms with E-state index in [1.54, 1.807) is 6.07 Å². The van der Waals surface area contributed by atoms with Gasteiger partial charge >= 0.3 is 6.18 Å². The average molecular weight is 497 g/mol. The van der Waals surface area contributed by atoms with E-state index in [0.29, 0.717) is 32.0 Å². The molecule has 0 aromatic heterocycles. The predicted molar refractivity (Wildman–Crippen MR) is 120 cm³/mol. The standard InChI is InChI=1S/C23H26F3N3O6/c1-32-18-9-15(10-19(33-2)21(18)35-13-20(27)30)22(31)28-12-14-3-4-16(11-17(14)23(24,25)26)29-5-7-34-8-6-29/h3-4,9-11H,5-8,12-13H2,1-2H3,(H2,27,30)(H,28,31). The molecule has 1 heterocycles. The summed E-state index contributed by atoms with van der Waals surface area (Å²) < 4.78 is 62.3. The van der Waals surface area contributed by atoms with E-state index in [0.717, 1.165) is 6.07 Å². The average Bonchev–Trinajstić information content (AvgIpc) is 2.85. The lowest BCUT2D eigenvalue weighted by Crippen LogP contribution is -2.36. The van der Waals surface area contributed by atoms with E-state index in [1.807, 2.05) is 4.90 Å². The molecule has 9 nitrogen and oxygen atoms in total. The smallest absolute Gasteiger partial charge is 0.416 e. The van der Waals surface area contributed by atoms with Crippen molar-refractivity contribution in [1.29, 1.82) is 0 Å². The Labute approximate surface area is 199 Å². The van der Waals surface area contributed by atoms with Gasteiger partial charge in [-0.3, -0.25) is 9.59 Å². The minimum atomic E-state index is -4.60. The zero-order chi connectivity index (χ0) is 25.6. The molecule has 1 aliphatic heterocycles. The lowest BCUT2D eigenvalue weighted by molar-refractivity contribution is -0.138. The number of ether oxygens (including phenoxy) is 4. The highest BCUT2D eigenvalue weighted by Crippen LogP contribution is 2.39. The van der Waals surface area contributed by atoms with Crippen molar-refractivity contribution in [3.8, 4) is 17.2 Å². The van der Waals surface area contributed by atoms with Gasteiger partial charge in [-0.05, 0) is 29.8 Å². The third-order valence-corrected chi connectivity index (χ3v) is 5.30. The first-order chi connectivity index (χ1) is 16.6. The van der Waals surface area contributed by atoms with Gasteiger partial charge in [0.1, 0.15) is 0 Å². The molecule has 1 fully saturated rings. The monoisotopic (exact) mass is 497 g/mol. The van der Waals surface area contributed by atoms with Crippen LogP contribution in [0.4, 0.5) is 18.9 Å². The Morgan fingerprint density at radius 3 is 2.26 bits per heavy atom. The largest absolute Gasteiger partial charge is 0.493 e. The van der Waals surface area contributed by atoms with Gasteiger partial charge in [-0.2, -0.15) is 13.2 Å². The molecule has 190 valence electrons. The molecule has 0 aliphatic carbocycles. The van der Waals surface area contributed by atoms with Crippen molar-refractivity contribution in [2.45, 2.75) is 12.7 Å². The molecule has 2 aromatic rings. The molecule has 0 spiro atoms. The second-order valence-electron chi connectivity index (χ2n) is 7.59. The Kier molecular flexibility index (Phi) is 8.28. The van der Waals surface area contributed by atoms with Crippen molar-refractivity contribution in [2.75, 3.05) is 52.0 Å². The maximum absolute atomic E-state index is 13.8. The molecule has 0 bridgehead atoms. The zero-order valence-corrected chi connectivity index (χ0v) is 19.2. The fourth-order valence-corrected chi connectivity index (χ4v) is 3.57. The number of hydrogen-bond acceptors (Lipinski definition) is 7. The highest BCUT2D eigenvalue weighted by atomic mass is 19.4. The number of methoxy groups -OCH3 is 2. The van der Waals surface area contributed by atoms with Crippen molar-refractivity contribution < 1.29 is 41.7 Å². The molecule has 35 heavy (non-hydrogen) atoms. The first kappa shape index (κ1) is 25.9. The van der Waals surface area contributed by atoms with Crippen molar-refractivity contribution in [3.63, 3.8) is 0 Å². The quantitative estimate of drug-likeness (QED) is 0.547. The SMILES string of the molecule is COc1cc(C(=O)NCc2ccc(N3CCOCC3)cc2C(F)(F)F)cc(OC)c1OCC(N)=O. The minimum absolute atomic E-state index is 0.0587. The van der Waals surface area contributed by atoms with E-state index in [4.69, 9.17) is 24.7 Å². The summed E-state index contributed by atoms with van der Waals surface area (Å²) in [4.78, 5) is 25.6. The number of nitrogens with one attached hydrogen (secondary N) is 1. The molecule has 0 atom stereocenters. The molecular formula is C23H26F3N3O6. The molecule has 0 unspecified atom stereocenters. The Morgan fingerprint density at radius 2 is 1.71 bits per heavy atom. The van der Waals surface area contributed by atoms with Crippen LogP contribution in [-0.2, 0) is 22.3 Å². The highest BCUT2D eigenvalue weighted by Gasteiger charge is 2.34. The summed E-state index contributed by atoms with van der Waals surface area (Å²) in [6.45, 7) is 1.07. The van der Waals surface area contributed by atoms with Gasteiger partial charge in [-0.25, -0.2) is 0 Å². The van der Waals surface area contributed by atoms with Crippen LogP contribution < -0.4 is 30.2 Å². The third kappa shape index (κ3) is 6.47. The molecule has 2 amide bonds. The summed E-state index contributed by atoms with van der Waals surface area (Å²) >= 11 is 0. The van der Waals surface area contributed by atoms with Gasteiger partial charge in [0.2, 0.25) is 5.75 Å². The third-order valence-electron chi connectivity index (χ3n) is 5.30. The van der Waals surface area contributed by atoms with Crippen LogP contribution in [0.2, 0.25) is 0 Å². The first-order valence-corrected chi connectivity index (χ1v) is 10.6. The number of halogens is 3.